The fraction of sp³-hybridized carbons (Fsp3) is 0.500. The van der Waals surface area contributed by atoms with Crippen molar-refractivity contribution in [2.45, 2.75) is 53.0 Å². The van der Waals surface area contributed by atoms with Crippen LogP contribution in [-0.2, 0) is 16.1 Å². The molecule has 1 fully saturated rings. The van der Waals surface area contributed by atoms with Gasteiger partial charge in [-0.1, -0.05) is 26.0 Å². The molecule has 0 spiro atoms. The quantitative estimate of drug-likeness (QED) is 0.705. The maximum absolute atomic E-state index is 12.2. The first-order valence-corrected chi connectivity index (χ1v) is 10.8. The molecule has 0 unspecified atom stereocenters. The largest absolute Gasteiger partial charge is 0.466 e. The number of carbonyl (C=O) groups excluding carboxylic acids is 2. The molecular formula is C24H33N3O3. The van der Waals surface area contributed by atoms with Gasteiger partial charge >= 0.3 is 11.8 Å². The Balaban J connectivity index is 1.38. The van der Waals surface area contributed by atoms with Crippen LogP contribution in [0.15, 0.2) is 34.7 Å². The summed E-state index contributed by atoms with van der Waals surface area (Å²) in [4.78, 5) is 26.7. The van der Waals surface area contributed by atoms with Gasteiger partial charge in [-0.25, -0.2) is 0 Å². The van der Waals surface area contributed by atoms with Gasteiger partial charge < -0.3 is 15.1 Å². The predicted molar refractivity (Wildman–Crippen MR) is 118 cm³/mol. The first-order valence-electron chi connectivity index (χ1n) is 10.8. The van der Waals surface area contributed by atoms with Crippen LogP contribution in [-0.4, -0.2) is 36.3 Å². The van der Waals surface area contributed by atoms with Crippen LogP contribution in [0.5, 0.6) is 0 Å². The molecule has 1 aromatic carbocycles. The van der Waals surface area contributed by atoms with Gasteiger partial charge in [-0.05, 0) is 75.4 Å². The van der Waals surface area contributed by atoms with Gasteiger partial charge in [-0.2, -0.15) is 0 Å². The molecule has 2 aromatic rings. The lowest BCUT2D eigenvalue weighted by Crippen LogP contribution is -2.41. The van der Waals surface area contributed by atoms with Crippen molar-refractivity contribution >= 4 is 17.5 Å². The van der Waals surface area contributed by atoms with Crippen molar-refractivity contribution in [3.8, 4) is 0 Å². The van der Waals surface area contributed by atoms with E-state index < -0.39 is 11.8 Å². The number of hydrogen-bond acceptors (Lipinski definition) is 4. The molecule has 162 valence electrons. The Morgan fingerprint density at radius 3 is 2.33 bits per heavy atom. The number of anilines is 1. The number of carbonyl (C=O) groups is 2. The Labute approximate surface area is 179 Å². The van der Waals surface area contributed by atoms with Crippen molar-refractivity contribution in [2.75, 3.05) is 25.0 Å². The van der Waals surface area contributed by atoms with Crippen molar-refractivity contribution in [1.82, 2.24) is 10.2 Å². The third-order valence-electron chi connectivity index (χ3n) is 5.84. The number of furan rings is 1. The molecule has 2 heterocycles. The number of rotatable bonds is 6. The molecule has 2 amide bonds. The highest BCUT2D eigenvalue weighted by Gasteiger charge is 2.22. The van der Waals surface area contributed by atoms with Gasteiger partial charge in [0.15, 0.2) is 0 Å². The number of hydrogen-bond donors (Lipinski definition) is 2. The second-order valence-electron chi connectivity index (χ2n) is 8.60. The summed E-state index contributed by atoms with van der Waals surface area (Å²) in [6, 6.07) is 9.71. The molecular weight excluding hydrogens is 378 g/mol. The van der Waals surface area contributed by atoms with E-state index in [2.05, 4.69) is 35.4 Å². The zero-order valence-electron chi connectivity index (χ0n) is 18.5. The van der Waals surface area contributed by atoms with Gasteiger partial charge in [-0.3, -0.25) is 14.5 Å². The molecule has 1 aromatic heterocycles. The fourth-order valence-electron chi connectivity index (χ4n) is 3.89. The van der Waals surface area contributed by atoms with E-state index in [1.54, 1.807) is 0 Å². The van der Waals surface area contributed by atoms with E-state index in [0.717, 1.165) is 44.0 Å². The van der Waals surface area contributed by atoms with Crippen LogP contribution >= 0.6 is 0 Å². The minimum atomic E-state index is -0.615. The van der Waals surface area contributed by atoms with E-state index in [9.17, 15) is 9.59 Å². The van der Waals surface area contributed by atoms with Crippen LogP contribution < -0.4 is 10.6 Å². The molecule has 6 heteroatoms. The summed E-state index contributed by atoms with van der Waals surface area (Å²) in [6.45, 7) is 11.6. The zero-order chi connectivity index (χ0) is 21.7. The standard InChI is InChI=1S/C24H33N3O3/c1-16(2)20-5-7-22(8-6-20)26-24(29)23(28)25-14-19-9-11-27(12-10-19)15-21-13-17(3)30-18(21)4/h5-8,13,16,19H,9-12,14-15H2,1-4H3,(H,25,28)(H,26,29). The van der Waals surface area contributed by atoms with Gasteiger partial charge in [-0.15, -0.1) is 0 Å². The molecule has 0 radical (unpaired) electrons. The van der Waals surface area contributed by atoms with Gasteiger partial charge in [0, 0.05) is 24.3 Å². The molecule has 3 rings (SSSR count). The molecule has 1 aliphatic rings. The van der Waals surface area contributed by atoms with Gasteiger partial charge in [0.25, 0.3) is 0 Å². The van der Waals surface area contributed by atoms with Crippen LogP contribution in [0, 0.1) is 19.8 Å². The SMILES string of the molecule is Cc1cc(CN2CCC(CNC(=O)C(=O)Nc3ccc(C(C)C)cc3)CC2)c(C)o1. The maximum Gasteiger partial charge on any atom is 0.313 e. The summed E-state index contributed by atoms with van der Waals surface area (Å²) in [5.74, 6) is 1.58. The van der Waals surface area contributed by atoms with Gasteiger partial charge in [0.05, 0.1) is 0 Å². The third-order valence-corrected chi connectivity index (χ3v) is 5.84. The lowest BCUT2D eigenvalue weighted by molar-refractivity contribution is -0.136. The summed E-state index contributed by atoms with van der Waals surface area (Å²) in [5, 5.41) is 5.46. The molecule has 1 aliphatic heterocycles. The lowest BCUT2D eigenvalue weighted by atomic mass is 9.96. The number of benzene rings is 1. The van der Waals surface area contributed by atoms with Crippen LogP contribution in [0.4, 0.5) is 5.69 Å². The van der Waals surface area contributed by atoms with Crippen LogP contribution in [0.25, 0.3) is 0 Å². The minimum Gasteiger partial charge on any atom is -0.466 e. The number of nitrogens with one attached hydrogen (secondary N) is 2. The molecule has 2 N–H and O–H groups in total. The van der Waals surface area contributed by atoms with Crippen molar-refractivity contribution in [1.29, 1.82) is 0 Å². The Kier molecular flexibility index (Phi) is 7.32. The second kappa shape index (κ2) is 9.94. The Hall–Kier alpha value is -2.60. The predicted octanol–water partition coefficient (Wildman–Crippen LogP) is 3.99. The topological polar surface area (TPSA) is 74.6 Å². The molecule has 1 saturated heterocycles. The highest BCUT2D eigenvalue weighted by molar-refractivity contribution is 6.39. The maximum atomic E-state index is 12.2. The summed E-state index contributed by atoms with van der Waals surface area (Å²) in [5.41, 5.74) is 3.08. The number of amides is 2. The van der Waals surface area contributed by atoms with Crippen LogP contribution in [0.1, 0.15) is 55.3 Å². The van der Waals surface area contributed by atoms with E-state index in [4.69, 9.17) is 4.42 Å². The van der Waals surface area contributed by atoms with E-state index in [1.165, 1.54) is 11.1 Å². The average molecular weight is 412 g/mol. The van der Waals surface area contributed by atoms with Crippen LogP contribution in [0.3, 0.4) is 0 Å². The summed E-state index contributed by atoms with van der Waals surface area (Å²) >= 11 is 0. The molecule has 0 bridgehead atoms. The molecule has 0 saturated carbocycles. The first-order chi connectivity index (χ1) is 14.3. The smallest absolute Gasteiger partial charge is 0.313 e. The number of likely N-dealkylation sites (tertiary alicyclic amines) is 1. The summed E-state index contributed by atoms with van der Waals surface area (Å²) < 4.78 is 5.61. The number of piperidine rings is 1. The van der Waals surface area contributed by atoms with Crippen molar-refractivity contribution in [3.63, 3.8) is 0 Å². The van der Waals surface area contributed by atoms with E-state index in [1.807, 2.05) is 38.1 Å². The Morgan fingerprint density at radius 1 is 1.10 bits per heavy atom. The van der Waals surface area contributed by atoms with Crippen molar-refractivity contribution in [3.05, 3.63) is 53.0 Å². The average Bonchev–Trinajstić information content (AvgIpc) is 3.04. The van der Waals surface area contributed by atoms with E-state index in [-0.39, 0.29) is 0 Å². The van der Waals surface area contributed by atoms with Gasteiger partial charge in [0.1, 0.15) is 11.5 Å². The zero-order valence-corrected chi connectivity index (χ0v) is 18.5. The van der Waals surface area contributed by atoms with Crippen molar-refractivity contribution < 1.29 is 14.0 Å². The minimum absolute atomic E-state index is 0.399. The third kappa shape index (κ3) is 5.95. The summed E-state index contributed by atoms with van der Waals surface area (Å²) in [6.07, 6.45) is 2.02. The Morgan fingerprint density at radius 2 is 1.77 bits per heavy atom. The number of aryl methyl sites for hydroxylation is 2. The number of nitrogens with zero attached hydrogens (tertiary/aromatic N) is 1. The molecule has 30 heavy (non-hydrogen) atoms. The van der Waals surface area contributed by atoms with E-state index in [0.29, 0.717) is 24.1 Å². The molecule has 0 aliphatic carbocycles. The Bertz CT molecular complexity index is 862. The van der Waals surface area contributed by atoms with E-state index >= 15 is 0 Å². The first kappa shape index (κ1) is 22.1. The van der Waals surface area contributed by atoms with Crippen molar-refractivity contribution in [2.24, 2.45) is 5.92 Å². The lowest BCUT2D eigenvalue weighted by Gasteiger charge is -2.31. The monoisotopic (exact) mass is 411 g/mol. The molecule has 0 atom stereocenters. The van der Waals surface area contributed by atoms with Gasteiger partial charge in [0.2, 0.25) is 0 Å². The highest BCUT2D eigenvalue weighted by Crippen LogP contribution is 2.21. The summed E-state index contributed by atoms with van der Waals surface area (Å²) in [7, 11) is 0. The molecule has 6 nitrogen and oxygen atoms in total. The fourth-order valence-corrected chi connectivity index (χ4v) is 3.89. The second-order valence-corrected chi connectivity index (χ2v) is 8.60. The van der Waals surface area contributed by atoms with Crippen LogP contribution in [0.2, 0.25) is 0 Å². The highest BCUT2D eigenvalue weighted by atomic mass is 16.3. The normalized spacial score (nSPS) is 15.4.